The number of amides is 1. The fourth-order valence-electron chi connectivity index (χ4n) is 2.84. The minimum atomic E-state index is -1.11. The number of nitrogens with one attached hydrogen (secondary N) is 1. The van der Waals surface area contributed by atoms with Crippen molar-refractivity contribution in [2.24, 2.45) is 0 Å². The first-order valence-electron chi connectivity index (χ1n) is 7.90. The zero-order chi connectivity index (χ0) is 17.8. The average Bonchev–Trinajstić information content (AvgIpc) is 2.91. The van der Waals surface area contributed by atoms with Gasteiger partial charge in [0.1, 0.15) is 12.1 Å². The summed E-state index contributed by atoms with van der Waals surface area (Å²) in [6.07, 6.45) is -0.612. The van der Waals surface area contributed by atoms with E-state index in [4.69, 9.17) is 4.74 Å². The third kappa shape index (κ3) is 3.85. The minimum absolute atomic E-state index is 0.110. The molecule has 0 aromatic heterocycles. The highest BCUT2D eigenvalue weighted by Crippen LogP contribution is 2.32. The summed E-state index contributed by atoms with van der Waals surface area (Å²) >= 11 is 0. The molecule has 1 aliphatic rings. The second kappa shape index (κ2) is 7.17. The lowest BCUT2D eigenvalue weighted by atomic mass is 10.0. The Morgan fingerprint density at radius 3 is 2.48 bits per heavy atom. The number of aliphatic carboxylic acids is 1. The molecule has 0 saturated heterocycles. The molecular formula is C19H17NO5. The number of esters is 1. The third-order valence-corrected chi connectivity index (χ3v) is 4.06. The summed E-state index contributed by atoms with van der Waals surface area (Å²) < 4.78 is 5.22. The first-order valence-corrected chi connectivity index (χ1v) is 7.90. The molecule has 25 heavy (non-hydrogen) atoms. The SMILES string of the molecule is O=C(C[C@H]1OC(=O)c2ccccc21)N[C@@H](Cc1ccccc1)C(=O)O. The smallest absolute Gasteiger partial charge is 0.339 e. The highest BCUT2D eigenvalue weighted by molar-refractivity contribution is 5.95. The van der Waals surface area contributed by atoms with Gasteiger partial charge in [-0.05, 0) is 11.6 Å². The molecule has 1 amide bonds. The predicted octanol–water partition coefficient (Wildman–Crippen LogP) is 2.10. The maximum absolute atomic E-state index is 12.3. The van der Waals surface area contributed by atoms with Crippen LogP contribution in [-0.2, 0) is 20.7 Å². The van der Waals surface area contributed by atoms with Gasteiger partial charge in [-0.1, -0.05) is 48.5 Å². The van der Waals surface area contributed by atoms with Crippen LogP contribution in [0.4, 0.5) is 0 Å². The predicted molar refractivity (Wildman–Crippen MR) is 88.9 cm³/mol. The quantitative estimate of drug-likeness (QED) is 0.786. The number of carboxylic acids is 1. The lowest BCUT2D eigenvalue weighted by Crippen LogP contribution is -2.42. The van der Waals surface area contributed by atoms with Crippen molar-refractivity contribution < 1.29 is 24.2 Å². The number of ether oxygens (including phenoxy) is 1. The summed E-state index contributed by atoms with van der Waals surface area (Å²) in [5.74, 6) is -2.05. The number of hydrogen-bond donors (Lipinski definition) is 2. The summed E-state index contributed by atoms with van der Waals surface area (Å²) in [6, 6.07) is 14.9. The molecular weight excluding hydrogens is 322 g/mol. The fraction of sp³-hybridized carbons (Fsp3) is 0.211. The van der Waals surface area contributed by atoms with Gasteiger partial charge in [-0.2, -0.15) is 0 Å². The molecule has 0 bridgehead atoms. The lowest BCUT2D eigenvalue weighted by molar-refractivity contribution is -0.142. The Kier molecular flexibility index (Phi) is 4.79. The monoisotopic (exact) mass is 339 g/mol. The number of carboxylic acid groups (broad SMARTS) is 1. The van der Waals surface area contributed by atoms with Crippen LogP contribution in [0.15, 0.2) is 54.6 Å². The highest BCUT2D eigenvalue weighted by Gasteiger charge is 2.33. The van der Waals surface area contributed by atoms with Crippen LogP contribution in [0.3, 0.4) is 0 Å². The second-order valence-electron chi connectivity index (χ2n) is 5.83. The maximum atomic E-state index is 12.3. The van der Waals surface area contributed by atoms with Gasteiger partial charge in [0.05, 0.1) is 12.0 Å². The van der Waals surface area contributed by atoms with Crippen LogP contribution in [0.5, 0.6) is 0 Å². The molecule has 3 rings (SSSR count). The van der Waals surface area contributed by atoms with Gasteiger partial charge in [-0.3, -0.25) is 4.79 Å². The molecule has 6 heteroatoms. The molecule has 2 aromatic rings. The number of hydrogen-bond acceptors (Lipinski definition) is 4. The van der Waals surface area contributed by atoms with E-state index in [2.05, 4.69) is 5.32 Å². The van der Waals surface area contributed by atoms with E-state index in [9.17, 15) is 19.5 Å². The van der Waals surface area contributed by atoms with E-state index in [1.807, 2.05) is 18.2 Å². The molecule has 2 N–H and O–H groups in total. The Morgan fingerprint density at radius 2 is 1.76 bits per heavy atom. The van der Waals surface area contributed by atoms with Crippen molar-refractivity contribution in [1.82, 2.24) is 5.32 Å². The normalized spacial score (nSPS) is 16.6. The Morgan fingerprint density at radius 1 is 1.08 bits per heavy atom. The van der Waals surface area contributed by atoms with E-state index < -0.39 is 30.0 Å². The van der Waals surface area contributed by atoms with Gasteiger partial charge in [0.2, 0.25) is 5.91 Å². The molecule has 0 aliphatic carbocycles. The highest BCUT2D eigenvalue weighted by atomic mass is 16.5. The van der Waals surface area contributed by atoms with E-state index in [1.54, 1.807) is 36.4 Å². The number of rotatable bonds is 6. The van der Waals surface area contributed by atoms with E-state index >= 15 is 0 Å². The standard InChI is InChI=1S/C19H17NO5/c21-17(11-16-13-8-4-5-9-14(13)19(24)25-16)20-15(18(22)23)10-12-6-2-1-3-7-12/h1-9,15-16H,10-11H2,(H,20,21)(H,22,23)/t15-,16+/m0/s1. The van der Waals surface area contributed by atoms with Crippen molar-refractivity contribution in [2.45, 2.75) is 25.0 Å². The van der Waals surface area contributed by atoms with Crippen molar-refractivity contribution in [1.29, 1.82) is 0 Å². The van der Waals surface area contributed by atoms with Crippen LogP contribution < -0.4 is 5.32 Å². The summed E-state index contributed by atoms with van der Waals surface area (Å²) in [6.45, 7) is 0. The summed E-state index contributed by atoms with van der Waals surface area (Å²) in [4.78, 5) is 35.5. The summed E-state index contributed by atoms with van der Waals surface area (Å²) in [5, 5.41) is 11.9. The zero-order valence-electron chi connectivity index (χ0n) is 13.3. The molecule has 2 atom stereocenters. The fourth-order valence-corrected chi connectivity index (χ4v) is 2.84. The van der Waals surface area contributed by atoms with Gasteiger partial charge in [-0.15, -0.1) is 0 Å². The van der Waals surface area contributed by atoms with Crippen LogP contribution in [0, 0.1) is 0 Å². The van der Waals surface area contributed by atoms with Crippen molar-refractivity contribution in [3.05, 3.63) is 71.3 Å². The zero-order valence-corrected chi connectivity index (χ0v) is 13.3. The number of cyclic esters (lactones) is 1. The molecule has 0 fully saturated rings. The number of carbonyl (C=O) groups is 3. The van der Waals surface area contributed by atoms with Gasteiger partial charge in [-0.25, -0.2) is 9.59 Å². The number of carbonyl (C=O) groups excluding carboxylic acids is 2. The maximum Gasteiger partial charge on any atom is 0.339 e. The number of fused-ring (bicyclic) bond motifs is 1. The van der Waals surface area contributed by atoms with Gasteiger partial charge in [0.25, 0.3) is 0 Å². The molecule has 0 unspecified atom stereocenters. The minimum Gasteiger partial charge on any atom is -0.480 e. The van der Waals surface area contributed by atoms with Gasteiger partial charge < -0.3 is 15.2 Å². The Balaban J connectivity index is 1.65. The van der Waals surface area contributed by atoms with Gasteiger partial charge >= 0.3 is 11.9 Å². The van der Waals surface area contributed by atoms with E-state index in [-0.39, 0.29) is 12.8 Å². The molecule has 1 aliphatic heterocycles. The van der Waals surface area contributed by atoms with Crippen molar-refractivity contribution in [3.63, 3.8) is 0 Å². The second-order valence-corrected chi connectivity index (χ2v) is 5.83. The van der Waals surface area contributed by atoms with E-state index in [0.717, 1.165) is 5.56 Å². The molecule has 0 spiro atoms. The molecule has 0 saturated carbocycles. The van der Waals surface area contributed by atoms with Gasteiger partial charge in [0, 0.05) is 12.0 Å². The Hall–Kier alpha value is -3.15. The topological polar surface area (TPSA) is 92.7 Å². The van der Waals surface area contributed by atoms with Gasteiger partial charge in [0.15, 0.2) is 0 Å². The molecule has 128 valence electrons. The van der Waals surface area contributed by atoms with Crippen LogP contribution >= 0.6 is 0 Å². The van der Waals surface area contributed by atoms with E-state index in [1.165, 1.54) is 0 Å². The van der Waals surface area contributed by atoms with Crippen LogP contribution in [0.25, 0.3) is 0 Å². The van der Waals surface area contributed by atoms with E-state index in [0.29, 0.717) is 11.1 Å². The summed E-state index contributed by atoms with van der Waals surface area (Å²) in [7, 11) is 0. The largest absolute Gasteiger partial charge is 0.480 e. The Bertz CT molecular complexity index is 802. The molecule has 6 nitrogen and oxygen atoms in total. The van der Waals surface area contributed by atoms with Crippen molar-refractivity contribution in [2.75, 3.05) is 0 Å². The van der Waals surface area contributed by atoms with Crippen LogP contribution in [-0.4, -0.2) is 29.0 Å². The Labute approximate surface area is 144 Å². The van der Waals surface area contributed by atoms with Crippen LogP contribution in [0.1, 0.15) is 34.0 Å². The van der Waals surface area contributed by atoms with Crippen molar-refractivity contribution >= 4 is 17.8 Å². The molecule has 0 radical (unpaired) electrons. The third-order valence-electron chi connectivity index (χ3n) is 4.06. The van der Waals surface area contributed by atoms with Crippen LogP contribution in [0.2, 0.25) is 0 Å². The number of benzene rings is 2. The average molecular weight is 339 g/mol. The summed E-state index contributed by atoms with van der Waals surface area (Å²) in [5.41, 5.74) is 1.91. The molecule has 2 aromatic carbocycles. The first kappa shape index (κ1) is 16.7. The molecule has 1 heterocycles. The van der Waals surface area contributed by atoms with Crippen molar-refractivity contribution in [3.8, 4) is 0 Å². The first-order chi connectivity index (χ1) is 12.0. The lowest BCUT2D eigenvalue weighted by Gasteiger charge is -2.16.